The van der Waals surface area contributed by atoms with Gasteiger partial charge in [0.25, 0.3) is 0 Å². The van der Waals surface area contributed by atoms with Crippen LogP contribution in [0.15, 0.2) is 0 Å². The summed E-state index contributed by atoms with van der Waals surface area (Å²) in [4.78, 5) is 0. The van der Waals surface area contributed by atoms with E-state index in [2.05, 4.69) is 30.9 Å². The first kappa shape index (κ1) is 12.4. The first-order chi connectivity index (χ1) is 6.86. The van der Waals surface area contributed by atoms with Gasteiger partial charge in [0, 0.05) is 11.3 Å². The Labute approximate surface area is 93.4 Å². The second-order valence-electron chi connectivity index (χ2n) is 4.31. The zero-order valence-corrected chi connectivity index (χ0v) is 10.5. The number of thioether (sulfide) groups is 1. The molecule has 0 saturated heterocycles. The molecule has 2 heteroatoms. The van der Waals surface area contributed by atoms with Crippen molar-refractivity contribution in [2.45, 2.75) is 63.7 Å². The number of hydrogen-bond donors (Lipinski definition) is 1. The van der Waals surface area contributed by atoms with Crippen LogP contribution >= 0.6 is 11.8 Å². The van der Waals surface area contributed by atoms with Gasteiger partial charge < -0.3 is 5.32 Å². The minimum absolute atomic E-state index is 0.818. The van der Waals surface area contributed by atoms with Crippen LogP contribution in [-0.4, -0.2) is 23.6 Å². The lowest BCUT2D eigenvalue weighted by Gasteiger charge is -2.29. The second-order valence-corrected chi connectivity index (χ2v) is 5.72. The molecule has 2 atom stereocenters. The molecule has 0 radical (unpaired) electrons. The van der Waals surface area contributed by atoms with E-state index in [0.717, 1.165) is 11.3 Å². The Kier molecular flexibility index (Phi) is 6.70. The van der Waals surface area contributed by atoms with Crippen LogP contribution in [0.3, 0.4) is 0 Å². The van der Waals surface area contributed by atoms with Gasteiger partial charge in [-0.3, -0.25) is 0 Å². The zero-order valence-electron chi connectivity index (χ0n) is 9.72. The molecule has 0 aromatic heterocycles. The third-order valence-electron chi connectivity index (χ3n) is 2.87. The summed E-state index contributed by atoms with van der Waals surface area (Å²) in [7, 11) is 0. The molecule has 1 aliphatic carbocycles. The van der Waals surface area contributed by atoms with Gasteiger partial charge in [0.1, 0.15) is 0 Å². The summed E-state index contributed by atoms with van der Waals surface area (Å²) in [5.74, 6) is 1.35. The summed E-state index contributed by atoms with van der Waals surface area (Å²) in [5, 5.41) is 4.61. The van der Waals surface area contributed by atoms with Crippen molar-refractivity contribution in [3.05, 3.63) is 0 Å². The molecule has 1 nitrogen and oxygen atoms in total. The standard InChI is InChI=1S/C12H25NS/c1-3-8-13-11-6-5-7-12(10-11)14-9-4-2/h11-13H,3-10H2,1-2H3. The maximum Gasteiger partial charge on any atom is 0.00776 e. The minimum Gasteiger partial charge on any atom is -0.314 e. The van der Waals surface area contributed by atoms with Crippen LogP contribution < -0.4 is 5.32 Å². The number of hydrogen-bond acceptors (Lipinski definition) is 2. The molecule has 1 N–H and O–H groups in total. The molecule has 1 saturated carbocycles. The molecule has 2 unspecified atom stereocenters. The van der Waals surface area contributed by atoms with Gasteiger partial charge in [-0.25, -0.2) is 0 Å². The molecule has 0 aromatic rings. The summed E-state index contributed by atoms with van der Waals surface area (Å²) in [6.45, 7) is 5.73. The fourth-order valence-electron chi connectivity index (χ4n) is 2.11. The van der Waals surface area contributed by atoms with Crippen molar-refractivity contribution in [1.82, 2.24) is 5.32 Å². The smallest absolute Gasteiger partial charge is 0.00776 e. The minimum atomic E-state index is 0.818. The molecular formula is C12H25NS. The molecule has 0 amide bonds. The van der Waals surface area contributed by atoms with E-state index in [9.17, 15) is 0 Å². The fraction of sp³-hybridized carbons (Fsp3) is 1.00. The summed E-state index contributed by atoms with van der Waals surface area (Å²) in [6, 6.07) is 0.818. The van der Waals surface area contributed by atoms with Gasteiger partial charge in [0.15, 0.2) is 0 Å². The Morgan fingerprint density at radius 3 is 2.79 bits per heavy atom. The molecule has 14 heavy (non-hydrogen) atoms. The highest BCUT2D eigenvalue weighted by Gasteiger charge is 2.20. The summed E-state index contributed by atoms with van der Waals surface area (Å²) >= 11 is 2.19. The molecule has 1 rings (SSSR count). The Bertz CT molecular complexity index is 124. The molecule has 0 heterocycles. The SMILES string of the molecule is CCCNC1CCCC(SCCC)C1. The first-order valence-corrected chi connectivity index (χ1v) is 7.26. The van der Waals surface area contributed by atoms with Crippen LogP contribution in [0.25, 0.3) is 0 Å². The normalized spacial score (nSPS) is 27.9. The lowest BCUT2D eigenvalue weighted by atomic mass is 9.95. The van der Waals surface area contributed by atoms with E-state index in [1.807, 2.05) is 0 Å². The lowest BCUT2D eigenvalue weighted by molar-refractivity contribution is 0.381. The first-order valence-electron chi connectivity index (χ1n) is 6.21. The van der Waals surface area contributed by atoms with Crippen molar-refractivity contribution in [2.24, 2.45) is 0 Å². The van der Waals surface area contributed by atoms with E-state index in [1.165, 1.54) is 50.8 Å². The van der Waals surface area contributed by atoms with Crippen LogP contribution in [0.5, 0.6) is 0 Å². The third kappa shape index (κ3) is 4.70. The van der Waals surface area contributed by atoms with Crippen molar-refractivity contribution in [3.63, 3.8) is 0 Å². The summed E-state index contributed by atoms with van der Waals surface area (Å²) < 4.78 is 0. The van der Waals surface area contributed by atoms with Crippen molar-refractivity contribution < 1.29 is 0 Å². The number of rotatable bonds is 6. The molecule has 0 aliphatic heterocycles. The Morgan fingerprint density at radius 2 is 2.07 bits per heavy atom. The van der Waals surface area contributed by atoms with Crippen LogP contribution in [0, 0.1) is 0 Å². The van der Waals surface area contributed by atoms with Gasteiger partial charge in [-0.1, -0.05) is 20.3 Å². The topological polar surface area (TPSA) is 12.0 Å². The quantitative estimate of drug-likeness (QED) is 0.728. The van der Waals surface area contributed by atoms with E-state index >= 15 is 0 Å². The van der Waals surface area contributed by atoms with Crippen LogP contribution in [0.1, 0.15) is 52.4 Å². The van der Waals surface area contributed by atoms with Gasteiger partial charge in [-0.05, 0) is 44.4 Å². The third-order valence-corrected chi connectivity index (χ3v) is 4.41. The van der Waals surface area contributed by atoms with Gasteiger partial charge in [0.2, 0.25) is 0 Å². The largest absolute Gasteiger partial charge is 0.314 e. The highest BCUT2D eigenvalue weighted by Crippen LogP contribution is 2.28. The average Bonchev–Trinajstić information content (AvgIpc) is 2.24. The van der Waals surface area contributed by atoms with E-state index in [0.29, 0.717) is 0 Å². The second kappa shape index (κ2) is 7.58. The van der Waals surface area contributed by atoms with Crippen molar-refractivity contribution in [3.8, 4) is 0 Å². The van der Waals surface area contributed by atoms with Gasteiger partial charge in [-0.2, -0.15) is 11.8 Å². The fourth-order valence-corrected chi connectivity index (χ4v) is 3.39. The van der Waals surface area contributed by atoms with Crippen molar-refractivity contribution >= 4 is 11.8 Å². The van der Waals surface area contributed by atoms with E-state index in [-0.39, 0.29) is 0 Å². The lowest BCUT2D eigenvalue weighted by Crippen LogP contribution is -2.35. The number of nitrogens with one attached hydrogen (secondary N) is 1. The van der Waals surface area contributed by atoms with Crippen molar-refractivity contribution in [2.75, 3.05) is 12.3 Å². The molecule has 1 fully saturated rings. The molecular weight excluding hydrogens is 190 g/mol. The van der Waals surface area contributed by atoms with Crippen LogP contribution in [0.2, 0.25) is 0 Å². The maximum absolute atomic E-state index is 3.66. The van der Waals surface area contributed by atoms with Gasteiger partial charge in [-0.15, -0.1) is 0 Å². The maximum atomic E-state index is 3.66. The molecule has 84 valence electrons. The van der Waals surface area contributed by atoms with E-state index in [4.69, 9.17) is 0 Å². The highest BCUT2D eigenvalue weighted by atomic mass is 32.2. The van der Waals surface area contributed by atoms with Gasteiger partial charge >= 0.3 is 0 Å². The Balaban J connectivity index is 2.14. The molecule has 0 spiro atoms. The Hall–Kier alpha value is 0.310. The van der Waals surface area contributed by atoms with E-state index in [1.54, 1.807) is 0 Å². The zero-order chi connectivity index (χ0) is 10.2. The predicted octanol–water partition coefficient (Wildman–Crippen LogP) is 3.44. The van der Waals surface area contributed by atoms with Crippen molar-refractivity contribution in [1.29, 1.82) is 0 Å². The van der Waals surface area contributed by atoms with Crippen LogP contribution in [0.4, 0.5) is 0 Å². The monoisotopic (exact) mass is 215 g/mol. The van der Waals surface area contributed by atoms with Crippen LogP contribution in [-0.2, 0) is 0 Å². The van der Waals surface area contributed by atoms with E-state index < -0.39 is 0 Å². The molecule has 0 bridgehead atoms. The highest BCUT2D eigenvalue weighted by molar-refractivity contribution is 7.99. The summed E-state index contributed by atoms with van der Waals surface area (Å²) in [6.07, 6.45) is 8.29. The average molecular weight is 215 g/mol. The molecule has 1 aliphatic rings. The Morgan fingerprint density at radius 1 is 1.21 bits per heavy atom. The molecule has 0 aromatic carbocycles. The predicted molar refractivity (Wildman–Crippen MR) is 67.1 cm³/mol. The summed E-state index contributed by atoms with van der Waals surface area (Å²) in [5.41, 5.74) is 0. The van der Waals surface area contributed by atoms with Gasteiger partial charge in [0.05, 0.1) is 0 Å².